The van der Waals surface area contributed by atoms with E-state index in [4.69, 9.17) is 5.11 Å². The second-order valence-corrected chi connectivity index (χ2v) is 5.58. The lowest BCUT2D eigenvalue weighted by molar-refractivity contribution is -0.149. The summed E-state index contributed by atoms with van der Waals surface area (Å²) >= 11 is 0. The molecule has 1 unspecified atom stereocenters. The van der Waals surface area contributed by atoms with E-state index in [1.54, 1.807) is 12.1 Å². The van der Waals surface area contributed by atoms with Crippen molar-refractivity contribution in [3.63, 3.8) is 0 Å². The number of nitrogens with zero attached hydrogens (tertiary/aromatic N) is 1. The highest BCUT2D eigenvalue weighted by Crippen LogP contribution is 2.27. The Bertz CT molecular complexity index is 634. The Morgan fingerprint density at radius 2 is 2.04 bits per heavy atom. The van der Waals surface area contributed by atoms with Gasteiger partial charge in [0.1, 0.15) is 0 Å². The summed E-state index contributed by atoms with van der Waals surface area (Å²) in [6.07, 6.45) is 0.566. The number of rotatable bonds is 5. The van der Waals surface area contributed by atoms with Gasteiger partial charge in [0.2, 0.25) is 5.67 Å². The Labute approximate surface area is 133 Å². The van der Waals surface area contributed by atoms with Gasteiger partial charge in [0.05, 0.1) is 6.54 Å². The van der Waals surface area contributed by atoms with Gasteiger partial charge in [-0.25, -0.2) is 9.18 Å². The van der Waals surface area contributed by atoms with Crippen molar-refractivity contribution < 1.29 is 23.9 Å². The third-order valence-corrected chi connectivity index (χ3v) is 3.80. The first-order valence-corrected chi connectivity index (χ1v) is 7.47. The fourth-order valence-electron chi connectivity index (χ4n) is 2.44. The van der Waals surface area contributed by atoms with Gasteiger partial charge in [-0.1, -0.05) is 13.0 Å². The minimum atomic E-state index is -2.40. The van der Waals surface area contributed by atoms with Gasteiger partial charge in [0.15, 0.2) is 0 Å². The fraction of sp³-hybridized carbons (Fsp3) is 0.438. The van der Waals surface area contributed by atoms with Crippen molar-refractivity contribution in [3.05, 3.63) is 35.4 Å². The highest BCUT2D eigenvalue weighted by molar-refractivity contribution is 6.00. The molecule has 6 nitrogen and oxygen atoms in total. The molecule has 1 atom stereocenters. The van der Waals surface area contributed by atoms with Crippen LogP contribution in [0.4, 0.5) is 4.39 Å². The average Bonchev–Trinajstić information content (AvgIpc) is 2.96. The van der Waals surface area contributed by atoms with Crippen LogP contribution in [-0.4, -0.2) is 53.1 Å². The zero-order valence-corrected chi connectivity index (χ0v) is 12.8. The molecule has 0 radical (unpaired) electrons. The van der Waals surface area contributed by atoms with Gasteiger partial charge in [-0.3, -0.25) is 9.59 Å². The molecule has 1 aliphatic rings. The number of alkyl halides is 1. The number of carbonyl (C=O) groups excluding carboxylic acids is 2. The molecule has 1 aromatic rings. The third-order valence-electron chi connectivity index (χ3n) is 3.80. The zero-order valence-electron chi connectivity index (χ0n) is 12.8. The van der Waals surface area contributed by atoms with Crippen LogP contribution in [0.15, 0.2) is 24.3 Å². The molecule has 2 amide bonds. The molecule has 2 N–H and O–H groups in total. The fourth-order valence-corrected chi connectivity index (χ4v) is 2.44. The summed E-state index contributed by atoms with van der Waals surface area (Å²) in [5, 5.41) is 11.6. The Kier molecular flexibility index (Phi) is 4.98. The number of hydrogen-bond acceptors (Lipinski definition) is 3. The maximum atomic E-state index is 14.1. The van der Waals surface area contributed by atoms with Gasteiger partial charge >= 0.3 is 5.97 Å². The van der Waals surface area contributed by atoms with Crippen LogP contribution in [0.1, 0.15) is 40.5 Å². The summed E-state index contributed by atoms with van der Waals surface area (Å²) < 4.78 is 14.1. The second-order valence-electron chi connectivity index (χ2n) is 5.58. The van der Waals surface area contributed by atoms with Crippen molar-refractivity contribution in [2.75, 3.05) is 19.6 Å². The number of carboxylic acids is 1. The van der Waals surface area contributed by atoms with Crippen LogP contribution in [0, 0.1) is 0 Å². The molecule has 0 aliphatic carbocycles. The molecular weight excluding hydrogens is 303 g/mol. The van der Waals surface area contributed by atoms with E-state index < -0.39 is 24.1 Å². The first-order chi connectivity index (χ1) is 10.9. The van der Waals surface area contributed by atoms with Crippen LogP contribution in [0.5, 0.6) is 0 Å². The third kappa shape index (κ3) is 3.67. The van der Waals surface area contributed by atoms with Crippen molar-refractivity contribution in [2.24, 2.45) is 0 Å². The molecule has 1 aliphatic heterocycles. The molecule has 1 heterocycles. The highest BCUT2D eigenvalue weighted by atomic mass is 19.1. The predicted molar refractivity (Wildman–Crippen MR) is 81.1 cm³/mol. The summed E-state index contributed by atoms with van der Waals surface area (Å²) in [7, 11) is 0. The van der Waals surface area contributed by atoms with Crippen molar-refractivity contribution in [2.45, 2.75) is 25.4 Å². The van der Waals surface area contributed by atoms with Gasteiger partial charge in [0, 0.05) is 30.6 Å². The minimum Gasteiger partial charge on any atom is -0.479 e. The molecule has 1 aromatic carbocycles. The van der Waals surface area contributed by atoms with Crippen LogP contribution >= 0.6 is 0 Å². The smallest absolute Gasteiger partial charge is 0.343 e. The largest absolute Gasteiger partial charge is 0.479 e. The van der Waals surface area contributed by atoms with Crippen molar-refractivity contribution in [3.8, 4) is 0 Å². The minimum absolute atomic E-state index is 0.0356. The van der Waals surface area contributed by atoms with Crippen LogP contribution in [0.25, 0.3) is 0 Å². The maximum Gasteiger partial charge on any atom is 0.343 e. The molecule has 23 heavy (non-hydrogen) atoms. The van der Waals surface area contributed by atoms with Gasteiger partial charge in [-0.05, 0) is 24.6 Å². The molecule has 0 saturated carbocycles. The van der Waals surface area contributed by atoms with Crippen LogP contribution < -0.4 is 5.32 Å². The van der Waals surface area contributed by atoms with E-state index in [9.17, 15) is 18.8 Å². The topological polar surface area (TPSA) is 86.7 Å². The number of aliphatic carboxylic acids is 1. The number of amides is 2. The van der Waals surface area contributed by atoms with E-state index in [0.717, 1.165) is 11.3 Å². The lowest BCUT2D eigenvalue weighted by Gasteiger charge is -2.18. The molecule has 1 saturated heterocycles. The van der Waals surface area contributed by atoms with E-state index in [2.05, 4.69) is 5.32 Å². The van der Waals surface area contributed by atoms with Crippen molar-refractivity contribution in [1.82, 2.24) is 10.2 Å². The number of carboxylic acid groups (broad SMARTS) is 1. The van der Waals surface area contributed by atoms with Gasteiger partial charge < -0.3 is 15.3 Å². The summed E-state index contributed by atoms with van der Waals surface area (Å²) in [6.45, 7) is 2.02. The monoisotopic (exact) mass is 322 g/mol. The summed E-state index contributed by atoms with van der Waals surface area (Å²) in [5.74, 6) is -2.32. The van der Waals surface area contributed by atoms with Gasteiger partial charge in [0.25, 0.3) is 11.8 Å². The number of benzene rings is 1. The van der Waals surface area contributed by atoms with Crippen LogP contribution in [0.2, 0.25) is 0 Å². The Balaban J connectivity index is 2.12. The second kappa shape index (κ2) is 6.76. The molecule has 2 rings (SSSR count). The summed E-state index contributed by atoms with van der Waals surface area (Å²) in [5.41, 5.74) is -1.82. The number of nitrogens with one attached hydrogen (secondary N) is 1. The van der Waals surface area contributed by atoms with Crippen molar-refractivity contribution in [1.29, 1.82) is 0 Å². The molecule has 124 valence electrons. The van der Waals surface area contributed by atoms with Gasteiger partial charge in [-0.15, -0.1) is 0 Å². The molecule has 0 bridgehead atoms. The van der Waals surface area contributed by atoms with E-state index in [1.165, 1.54) is 12.1 Å². The molecular formula is C16H19FN2O4. The van der Waals surface area contributed by atoms with Gasteiger partial charge in [-0.2, -0.15) is 0 Å². The van der Waals surface area contributed by atoms with E-state index in [0.29, 0.717) is 12.1 Å². The first kappa shape index (κ1) is 16.9. The maximum absolute atomic E-state index is 14.1. The van der Waals surface area contributed by atoms with E-state index in [1.807, 2.05) is 6.92 Å². The predicted octanol–water partition coefficient (Wildman–Crippen LogP) is 1.47. The summed E-state index contributed by atoms with van der Waals surface area (Å²) in [4.78, 5) is 36.4. The number of likely N-dealkylation sites (tertiary alicyclic amines) is 1. The van der Waals surface area contributed by atoms with E-state index >= 15 is 0 Å². The quantitative estimate of drug-likeness (QED) is 0.859. The zero-order chi connectivity index (χ0) is 17.0. The number of halogens is 1. The normalized spacial score (nSPS) is 20.3. The Morgan fingerprint density at radius 3 is 2.65 bits per heavy atom. The SMILES string of the molecule is CCCNC(=O)c1cccc(C(=O)N2CCC(F)(C(=O)O)C2)c1. The molecule has 7 heteroatoms. The standard InChI is InChI=1S/C16H19FN2O4/c1-2-7-18-13(20)11-4-3-5-12(9-11)14(21)19-8-6-16(17,10-19)15(22)23/h3-5,9H,2,6-8,10H2,1H3,(H,18,20)(H,22,23). The van der Waals surface area contributed by atoms with Crippen LogP contribution in [0.3, 0.4) is 0 Å². The summed E-state index contributed by atoms with van der Waals surface area (Å²) in [6, 6.07) is 6.12. The molecule has 1 fully saturated rings. The van der Waals surface area contributed by atoms with E-state index in [-0.39, 0.29) is 24.4 Å². The lowest BCUT2D eigenvalue weighted by Crippen LogP contribution is -2.39. The van der Waals surface area contributed by atoms with Crippen molar-refractivity contribution >= 4 is 17.8 Å². The van der Waals surface area contributed by atoms with Crippen LogP contribution in [-0.2, 0) is 4.79 Å². The molecule has 0 spiro atoms. The molecule has 0 aromatic heterocycles. The number of hydrogen-bond donors (Lipinski definition) is 2. The highest BCUT2D eigenvalue weighted by Gasteiger charge is 2.47. The lowest BCUT2D eigenvalue weighted by atomic mass is 10.1. The average molecular weight is 322 g/mol. The Morgan fingerprint density at radius 1 is 1.35 bits per heavy atom. The first-order valence-electron chi connectivity index (χ1n) is 7.47. The Hall–Kier alpha value is -2.44. The number of carbonyl (C=O) groups is 3.